The summed E-state index contributed by atoms with van der Waals surface area (Å²) in [6.07, 6.45) is 6.52. The Balaban J connectivity index is 1.95. The Morgan fingerprint density at radius 3 is 2.67 bits per heavy atom. The van der Waals surface area contributed by atoms with E-state index in [-0.39, 0.29) is 11.3 Å². The van der Waals surface area contributed by atoms with Gasteiger partial charge in [-0.2, -0.15) is 0 Å². The summed E-state index contributed by atoms with van der Waals surface area (Å²) in [7, 11) is 0. The molecule has 0 saturated heterocycles. The number of aromatic nitrogens is 1. The second-order valence-corrected chi connectivity index (χ2v) is 5.78. The second kappa shape index (κ2) is 6.29. The summed E-state index contributed by atoms with van der Waals surface area (Å²) < 4.78 is 0. The van der Waals surface area contributed by atoms with E-state index in [0.29, 0.717) is 13.1 Å². The quantitative estimate of drug-likeness (QED) is 0.820. The molecule has 1 aromatic heterocycles. The van der Waals surface area contributed by atoms with Gasteiger partial charge in [-0.25, -0.2) is 4.98 Å². The van der Waals surface area contributed by atoms with E-state index in [1.165, 1.54) is 12.8 Å². The number of carbonyl (C=O) groups is 1. The van der Waals surface area contributed by atoms with Gasteiger partial charge >= 0.3 is 0 Å². The van der Waals surface area contributed by atoms with Crippen molar-refractivity contribution in [3.8, 4) is 0 Å². The molecule has 3 N–H and O–H groups in total. The molecule has 100 valence electrons. The molecular weight excluding hydrogens is 246 g/mol. The third-order valence-corrected chi connectivity index (χ3v) is 4.48. The highest BCUT2D eigenvalue weighted by Gasteiger charge is 2.36. The van der Waals surface area contributed by atoms with E-state index in [4.69, 9.17) is 5.73 Å². The van der Waals surface area contributed by atoms with Crippen LogP contribution in [0.2, 0.25) is 0 Å². The Morgan fingerprint density at radius 1 is 1.39 bits per heavy atom. The highest BCUT2D eigenvalue weighted by molar-refractivity contribution is 7.07. The van der Waals surface area contributed by atoms with E-state index in [1.807, 2.05) is 5.38 Å². The molecule has 0 aliphatic heterocycles. The maximum Gasteiger partial charge on any atom is 0.227 e. The van der Waals surface area contributed by atoms with Crippen LogP contribution < -0.4 is 11.1 Å². The molecule has 0 atom stereocenters. The van der Waals surface area contributed by atoms with Gasteiger partial charge in [0.1, 0.15) is 0 Å². The molecule has 2 rings (SSSR count). The normalized spacial score (nSPS) is 19.2. The van der Waals surface area contributed by atoms with Gasteiger partial charge in [0, 0.05) is 11.9 Å². The second-order valence-electron chi connectivity index (χ2n) is 5.06. The Morgan fingerprint density at radius 2 is 2.11 bits per heavy atom. The van der Waals surface area contributed by atoms with Gasteiger partial charge in [-0.15, -0.1) is 11.3 Å². The lowest BCUT2D eigenvalue weighted by Crippen LogP contribution is -2.45. The molecule has 1 fully saturated rings. The van der Waals surface area contributed by atoms with E-state index in [0.717, 1.165) is 31.4 Å². The van der Waals surface area contributed by atoms with Crippen molar-refractivity contribution in [3.05, 3.63) is 16.6 Å². The van der Waals surface area contributed by atoms with Crippen LogP contribution in [0.1, 0.15) is 44.2 Å². The fraction of sp³-hybridized carbons (Fsp3) is 0.692. The summed E-state index contributed by atoms with van der Waals surface area (Å²) >= 11 is 1.55. The minimum atomic E-state index is -0.341. The number of amides is 1. The van der Waals surface area contributed by atoms with Crippen LogP contribution in [0.15, 0.2) is 10.9 Å². The highest BCUT2D eigenvalue weighted by Crippen LogP contribution is 2.34. The first-order chi connectivity index (χ1) is 8.77. The van der Waals surface area contributed by atoms with Crippen LogP contribution in [-0.4, -0.2) is 17.4 Å². The first kappa shape index (κ1) is 13.5. The average molecular weight is 267 g/mol. The summed E-state index contributed by atoms with van der Waals surface area (Å²) in [6.45, 7) is 0.972. The molecule has 1 heterocycles. The van der Waals surface area contributed by atoms with Crippen molar-refractivity contribution in [1.82, 2.24) is 10.3 Å². The zero-order valence-corrected chi connectivity index (χ0v) is 11.5. The molecule has 0 aromatic carbocycles. The van der Waals surface area contributed by atoms with Crippen LogP contribution in [0, 0.1) is 5.41 Å². The summed E-state index contributed by atoms with van der Waals surface area (Å²) in [6, 6.07) is 0. The van der Waals surface area contributed by atoms with Crippen molar-refractivity contribution in [2.24, 2.45) is 11.1 Å². The van der Waals surface area contributed by atoms with E-state index in [2.05, 4.69) is 10.3 Å². The third kappa shape index (κ3) is 3.09. The predicted octanol–water partition coefficient (Wildman–Crippen LogP) is 2.06. The lowest BCUT2D eigenvalue weighted by molar-refractivity contribution is -0.131. The van der Waals surface area contributed by atoms with Gasteiger partial charge in [-0.1, -0.05) is 25.7 Å². The van der Waals surface area contributed by atoms with E-state index >= 15 is 0 Å². The summed E-state index contributed by atoms with van der Waals surface area (Å²) in [5.74, 6) is 0.111. The van der Waals surface area contributed by atoms with Gasteiger partial charge in [0.05, 0.1) is 23.2 Å². The molecule has 1 saturated carbocycles. The summed E-state index contributed by atoms with van der Waals surface area (Å²) in [5.41, 5.74) is 8.25. The summed E-state index contributed by atoms with van der Waals surface area (Å²) in [4.78, 5) is 16.6. The fourth-order valence-electron chi connectivity index (χ4n) is 2.61. The lowest BCUT2D eigenvalue weighted by atomic mass is 9.79. The SMILES string of the molecule is NCC1(C(=O)NCc2cscn2)CCCCCC1. The van der Waals surface area contributed by atoms with Crippen molar-refractivity contribution in [2.75, 3.05) is 6.54 Å². The zero-order valence-electron chi connectivity index (χ0n) is 10.7. The molecule has 4 nitrogen and oxygen atoms in total. The Hall–Kier alpha value is -0.940. The number of rotatable bonds is 4. The predicted molar refractivity (Wildman–Crippen MR) is 73.2 cm³/mol. The first-order valence-electron chi connectivity index (χ1n) is 6.62. The Kier molecular flexibility index (Phi) is 4.72. The van der Waals surface area contributed by atoms with Crippen LogP contribution >= 0.6 is 11.3 Å². The van der Waals surface area contributed by atoms with Gasteiger partial charge in [-0.05, 0) is 12.8 Å². The zero-order chi connectivity index (χ0) is 12.8. The van der Waals surface area contributed by atoms with Crippen molar-refractivity contribution in [3.63, 3.8) is 0 Å². The van der Waals surface area contributed by atoms with E-state index < -0.39 is 0 Å². The summed E-state index contributed by atoms with van der Waals surface area (Å²) in [5, 5.41) is 4.96. The number of nitrogens with two attached hydrogens (primary N) is 1. The Labute approximate surface area is 112 Å². The van der Waals surface area contributed by atoms with Crippen LogP contribution in [0.25, 0.3) is 0 Å². The van der Waals surface area contributed by atoms with E-state index in [9.17, 15) is 4.79 Å². The van der Waals surface area contributed by atoms with Gasteiger partial charge < -0.3 is 11.1 Å². The topological polar surface area (TPSA) is 68.0 Å². The number of carbonyl (C=O) groups excluding carboxylic acids is 1. The molecule has 18 heavy (non-hydrogen) atoms. The largest absolute Gasteiger partial charge is 0.350 e. The molecule has 5 heteroatoms. The number of thiazole rings is 1. The van der Waals surface area contributed by atoms with Crippen molar-refractivity contribution in [1.29, 1.82) is 0 Å². The Bertz CT molecular complexity index is 370. The van der Waals surface area contributed by atoms with Crippen molar-refractivity contribution < 1.29 is 4.79 Å². The highest BCUT2D eigenvalue weighted by atomic mass is 32.1. The number of nitrogens with zero attached hydrogens (tertiary/aromatic N) is 1. The molecule has 0 unspecified atom stereocenters. The maximum atomic E-state index is 12.4. The van der Waals surface area contributed by atoms with Gasteiger partial charge in [0.2, 0.25) is 5.91 Å². The fourth-order valence-corrected chi connectivity index (χ4v) is 3.17. The minimum Gasteiger partial charge on any atom is -0.350 e. The van der Waals surface area contributed by atoms with Crippen LogP contribution in [-0.2, 0) is 11.3 Å². The monoisotopic (exact) mass is 267 g/mol. The third-order valence-electron chi connectivity index (χ3n) is 3.85. The number of hydrogen-bond donors (Lipinski definition) is 2. The molecule has 1 aliphatic rings. The smallest absolute Gasteiger partial charge is 0.227 e. The first-order valence-corrected chi connectivity index (χ1v) is 7.56. The van der Waals surface area contributed by atoms with Gasteiger partial charge in [-0.3, -0.25) is 4.79 Å². The molecule has 0 spiro atoms. The molecule has 1 aromatic rings. The van der Waals surface area contributed by atoms with E-state index in [1.54, 1.807) is 16.8 Å². The average Bonchev–Trinajstić information content (AvgIpc) is 2.79. The van der Waals surface area contributed by atoms with Crippen LogP contribution in [0.3, 0.4) is 0 Å². The maximum absolute atomic E-state index is 12.4. The van der Waals surface area contributed by atoms with Crippen LogP contribution in [0.4, 0.5) is 0 Å². The molecule has 1 aliphatic carbocycles. The number of hydrogen-bond acceptors (Lipinski definition) is 4. The van der Waals surface area contributed by atoms with Crippen molar-refractivity contribution >= 4 is 17.2 Å². The number of nitrogens with one attached hydrogen (secondary N) is 1. The van der Waals surface area contributed by atoms with Crippen molar-refractivity contribution in [2.45, 2.75) is 45.1 Å². The van der Waals surface area contributed by atoms with Gasteiger partial charge in [0.15, 0.2) is 0 Å². The molecule has 1 amide bonds. The molecule has 0 radical (unpaired) electrons. The minimum absolute atomic E-state index is 0.111. The van der Waals surface area contributed by atoms with Crippen LogP contribution in [0.5, 0.6) is 0 Å². The standard InChI is InChI=1S/C13H21N3OS/c14-9-13(5-3-1-2-4-6-13)12(17)15-7-11-8-18-10-16-11/h8,10H,1-7,9,14H2,(H,15,17). The lowest BCUT2D eigenvalue weighted by Gasteiger charge is -2.29. The molecule has 0 bridgehead atoms. The molecular formula is C13H21N3OS. The van der Waals surface area contributed by atoms with Gasteiger partial charge in [0.25, 0.3) is 0 Å².